The number of rotatable bonds is 7. The van der Waals surface area contributed by atoms with Gasteiger partial charge in [0.05, 0.1) is 0 Å². The van der Waals surface area contributed by atoms with Gasteiger partial charge in [-0.1, -0.05) is 6.42 Å². The van der Waals surface area contributed by atoms with Crippen LogP contribution in [0.3, 0.4) is 0 Å². The van der Waals surface area contributed by atoms with Gasteiger partial charge in [0.2, 0.25) is 0 Å². The Balaban J connectivity index is 3.13. The highest BCUT2D eigenvalue weighted by molar-refractivity contribution is 7.80. The van der Waals surface area contributed by atoms with Crippen LogP contribution in [0.15, 0.2) is 0 Å². The van der Waals surface area contributed by atoms with E-state index in [1.165, 1.54) is 0 Å². The minimum atomic E-state index is -0.743. The lowest BCUT2D eigenvalue weighted by Gasteiger charge is -2.06. The summed E-state index contributed by atoms with van der Waals surface area (Å²) >= 11 is 4.23. The third kappa shape index (κ3) is 7.88. The third-order valence-corrected chi connectivity index (χ3v) is 2.16. The van der Waals surface area contributed by atoms with Crippen molar-refractivity contribution in [3.63, 3.8) is 0 Å². The summed E-state index contributed by atoms with van der Waals surface area (Å²) in [6, 6.07) is 0. The number of carboxylic acid groups (broad SMARTS) is 1. The molecule has 1 unspecified atom stereocenters. The molecule has 0 radical (unpaired) electrons. The lowest BCUT2D eigenvalue weighted by atomic mass is 10.1. The lowest BCUT2D eigenvalue weighted by molar-refractivity contribution is -0.137. The number of carbonyl (C=O) groups is 1. The molecule has 0 aliphatic rings. The SMILES string of the molecule is O=C(O)CCCCC(S)CCO. The van der Waals surface area contributed by atoms with Gasteiger partial charge in [-0.05, 0) is 19.3 Å². The van der Waals surface area contributed by atoms with Crippen molar-refractivity contribution in [2.45, 2.75) is 37.4 Å². The molecule has 0 aromatic heterocycles. The molecular formula is C8H16O3S. The van der Waals surface area contributed by atoms with Gasteiger partial charge >= 0.3 is 5.97 Å². The first-order valence-corrected chi connectivity index (χ1v) is 4.69. The first-order chi connectivity index (χ1) is 5.66. The van der Waals surface area contributed by atoms with Gasteiger partial charge in [-0.2, -0.15) is 12.6 Å². The molecule has 0 aromatic carbocycles. The summed E-state index contributed by atoms with van der Waals surface area (Å²) in [4.78, 5) is 10.1. The van der Waals surface area contributed by atoms with Crippen molar-refractivity contribution in [1.29, 1.82) is 0 Å². The highest BCUT2D eigenvalue weighted by Crippen LogP contribution is 2.11. The van der Waals surface area contributed by atoms with E-state index < -0.39 is 5.97 Å². The van der Waals surface area contributed by atoms with Crippen molar-refractivity contribution in [1.82, 2.24) is 0 Å². The van der Waals surface area contributed by atoms with Gasteiger partial charge in [-0.3, -0.25) is 4.79 Å². The Morgan fingerprint density at radius 3 is 2.50 bits per heavy atom. The van der Waals surface area contributed by atoms with Crippen LogP contribution >= 0.6 is 12.6 Å². The summed E-state index contributed by atoms with van der Waals surface area (Å²) in [6.45, 7) is 0.160. The summed E-state index contributed by atoms with van der Waals surface area (Å²) in [6.07, 6.45) is 3.39. The Kier molecular flexibility index (Phi) is 7.29. The van der Waals surface area contributed by atoms with Gasteiger partial charge in [-0.25, -0.2) is 0 Å². The van der Waals surface area contributed by atoms with Crippen LogP contribution in [0.25, 0.3) is 0 Å². The van der Waals surface area contributed by atoms with E-state index in [0.717, 1.165) is 12.8 Å². The zero-order valence-corrected chi connectivity index (χ0v) is 7.96. The average molecular weight is 192 g/mol. The lowest BCUT2D eigenvalue weighted by Crippen LogP contribution is -2.02. The van der Waals surface area contributed by atoms with Crippen LogP contribution in [0.5, 0.6) is 0 Å². The number of aliphatic hydroxyl groups excluding tert-OH is 1. The predicted molar refractivity (Wildman–Crippen MR) is 50.6 cm³/mol. The Morgan fingerprint density at radius 1 is 1.33 bits per heavy atom. The number of aliphatic carboxylic acids is 1. The second kappa shape index (κ2) is 7.43. The van der Waals surface area contributed by atoms with E-state index in [4.69, 9.17) is 10.2 Å². The molecule has 3 nitrogen and oxygen atoms in total. The van der Waals surface area contributed by atoms with Gasteiger partial charge in [0.1, 0.15) is 0 Å². The monoisotopic (exact) mass is 192 g/mol. The highest BCUT2D eigenvalue weighted by atomic mass is 32.1. The Bertz CT molecular complexity index is 127. The van der Waals surface area contributed by atoms with E-state index >= 15 is 0 Å². The summed E-state index contributed by atoms with van der Waals surface area (Å²) in [7, 11) is 0. The van der Waals surface area contributed by atoms with Crippen LogP contribution < -0.4 is 0 Å². The Labute approximate surface area is 78.2 Å². The molecule has 0 amide bonds. The van der Waals surface area contributed by atoms with Crippen LogP contribution in [0, 0.1) is 0 Å². The van der Waals surface area contributed by atoms with Crippen molar-refractivity contribution in [2.75, 3.05) is 6.61 Å². The molecule has 0 rings (SSSR count). The minimum Gasteiger partial charge on any atom is -0.481 e. The zero-order chi connectivity index (χ0) is 9.40. The van der Waals surface area contributed by atoms with Crippen LogP contribution in [-0.4, -0.2) is 28.0 Å². The molecule has 0 aromatic rings. The van der Waals surface area contributed by atoms with Crippen molar-refractivity contribution in [2.24, 2.45) is 0 Å². The molecule has 0 bridgehead atoms. The van der Waals surface area contributed by atoms with Crippen molar-refractivity contribution >= 4 is 18.6 Å². The molecule has 2 N–H and O–H groups in total. The van der Waals surface area contributed by atoms with E-state index in [9.17, 15) is 4.79 Å². The van der Waals surface area contributed by atoms with Gasteiger partial charge in [0, 0.05) is 18.3 Å². The number of aliphatic hydroxyl groups is 1. The topological polar surface area (TPSA) is 57.5 Å². The van der Waals surface area contributed by atoms with Crippen molar-refractivity contribution in [3.05, 3.63) is 0 Å². The maximum absolute atomic E-state index is 10.1. The number of hydrogen-bond donors (Lipinski definition) is 3. The summed E-state index contributed by atoms with van der Waals surface area (Å²) in [5.74, 6) is -0.743. The quantitative estimate of drug-likeness (QED) is 0.421. The highest BCUT2D eigenvalue weighted by Gasteiger charge is 2.02. The molecule has 0 aliphatic carbocycles. The Hall–Kier alpha value is -0.220. The third-order valence-electron chi connectivity index (χ3n) is 1.64. The second-order valence-electron chi connectivity index (χ2n) is 2.81. The largest absolute Gasteiger partial charge is 0.481 e. The summed E-state index contributed by atoms with van der Waals surface area (Å²) < 4.78 is 0. The molecule has 0 saturated heterocycles. The first kappa shape index (κ1) is 11.8. The van der Waals surface area contributed by atoms with Crippen LogP contribution in [0.2, 0.25) is 0 Å². The normalized spacial score (nSPS) is 12.8. The van der Waals surface area contributed by atoms with Gasteiger partial charge in [0.25, 0.3) is 0 Å². The van der Waals surface area contributed by atoms with Crippen LogP contribution in [0.4, 0.5) is 0 Å². The van der Waals surface area contributed by atoms with Crippen molar-refractivity contribution < 1.29 is 15.0 Å². The molecule has 4 heteroatoms. The second-order valence-corrected chi connectivity index (χ2v) is 3.54. The van der Waals surface area contributed by atoms with Gasteiger partial charge in [-0.15, -0.1) is 0 Å². The maximum atomic E-state index is 10.1. The molecule has 0 saturated carbocycles. The van der Waals surface area contributed by atoms with Gasteiger partial charge < -0.3 is 10.2 Å². The number of hydrogen-bond acceptors (Lipinski definition) is 3. The molecule has 0 aliphatic heterocycles. The van der Waals surface area contributed by atoms with Crippen molar-refractivity contribution in [3.8, 4) is 0 Å². The Morgan fingerprint density at radius 2 is 2.00 bits per heavy atom. The first-order valence-electron chi connectivity index (χ1n) is 4.17. The van der Waals surface area contributed by atoms with Crippen LogP contribution in [-0.2, 0) is 4.79 Å². The smallest absolute Gasteiger partial charge is 0.303 e. The van der Waals surface area contributed by atoms with E-state index in [1.807, 2.05) is 0 Å². The van der Waals surface area contributed by atoms with E-state index in [2.05, 4.69) is 12.6 Å². The van der Waals surface area contributed by atoms with E-state index in [1.54, 1.807) is 0 Å². The average Bonchev–Trinajstić information content (AvgIpc) is 1.98. The number of unbranched alkanes of at least 4 members (excludes halogenated alkanes) is 1. The fourth-order valence-corrected chi connectivity index (χ4v) is 1.25. The maximum Gasteiger partial charge on any atom is 0.303 e. The number of thiol groups is 1. The van der Waals surface area contributed by atoms with E-state index in [-0.39, 0.29) is 18.3 Å². The molecule has 72 valence electrons. The zero-order valence-electron chi connectivity index (χ0n) is 7.07. The standard InChI is InChI=1S/C8H16O3S/c9-6-5-7(12)3-1-2-4-8(10)11/h7,9,12H,1-6H2,(H,10,11). The van der Waals surface area contributed by atoms with Gasteiger partial charge in [0.15, 0.2) is 0 Å². The van der Waals surface area contributed by atoms with E-state index in [0.29, 0.717) is 12.8 Å². The number of carboxylic acids is 1. The molecular weight excluding hydrogens is 176 g/mol. The molecule has 1 atom stereocenters. The molecule has 0 heterocycles. The molecule has 12 heavy (non-hydrogen) atoms. The fraction of sp³-hybridized carbons (Fsp3) is 0.875. The minimum absolute atomic E-state index is 0.160. The fourth-order valence-electron chi connectivity index (χ4n) is 0.950. The molecule has 0 spiro atoms. The van der Waals surface area contributed by atoms with Crippen LogP contribution in [0.1, 0.15) is 32.1 Å². The summed E-state index contributed by atoms with van der Waals surface area (Å²) in [5.41, 5.74) is 0. The predicted octanol–water partition coefficient (Wildman–Crippen LogP) is 1.31. The molecule has 0 fully saturated rings. The summed E-state index contributed by atoms with van der Waals surface area (Å²) in [5, 5.41) is 17.1.